The van der Waals surface area contributed by atoms with Crippen LogP contribution in [0.15, 0.2) is 47.5 Å². The number of aryl methyl sites for hydroxylation is 2. The Morgan fingerprint density at radius 2 is 1.58 bits per heavy atom. The molecule has 1 aliphatic rings. The van der Waals surface area contributed by atoms with Crippen LogP contribution < -0.4 is 9.64 Å². The number of halogens is 1. The van der Waals surface area contributed by atoms with Gasteiger partial charge in [0.25, 0.3) is 11.8 Å². The van der Waals surface area contributed by atoms with E-state index in [0.717, 1.165) is 16.0 Å². The number of carbonyl (C=O) groups is 2. The molecule has 2 aromatic carbocycles. The van der Waals surface area contributed by atoms with Crippen LogP contribution in [0, 0.1) is 13.8 Å². The van der Waals surface area contributed by atoms with Gasteiger partial charge in [0.05, 0.1) is 18.4 Å². The minimum Gasteiger partial charge on any atom is -0.496 e. The van der Waals surface area contributed by atoms with Crippen molar-refractivity contribution in [1.29, 1.82) is 0 Å². The second kappa shape index (κ2) is 6.13. The number of methoxy groups -OCH3 is 1. The Morgan fingerprint density at radius 3 is 2.21 bits per heavy atom. The Bertz CT molecular complexity index is 866. The SMILES string of the molecule is COc1ccccc1C1=C(Cl)C(=O)N(c2cc(C)cc(C)c2)C1=O. The van der Waals surface area contributed by atoms with Gasteiger partial charge in [-0.3, -0.25) is 9.59 Å². The molecule has 0 bridgehead atoms. The number of benzene rings is 2. The molecule has 2 aromatic rings. The van der Waals surface area contributed by atoms with E-state index in [9.17, 15) is 9.59 Å². The zero-order valence-corrected chi connectivity index (χ0v) is 14.3. The summed E-state index contributed by atoms with van der Waals surface area (Å²) >= 11 is 6.22. The third kappa shape index (κ3) is 2.59. The molecule has 5 heteroatoms. The smallest absolute Gasteiger partial charge is 0.277 e. The van der Waals surface area contributed by atoms with Crippen molar-refractivity contribution in [3.05, 3.63) is 64.2 Å². The molecule has 0 radical (unpaired) electrons. The maximum Gasteiger partial charge on any atom is 0.277 e. The lowest BCUT2D eigenvalue weighted by atomic mass is 10.0. The Kier molecular flexibility index (Phi) is 4.16. The van der Waals surface area contributed by atoms with Gasteiger partial charge >= 0.3 is 0 Å². The van der Waals surface area contributed by atoms with Gasteiger partial charge in [-0.1, -0.05) is 35.9 Å². The molecule has 122 valence electrons. The molecule has 24 heavy (non-hydrogen) atoms. The fourth-order valence-electron chi connectivity index (χ4n) is 2.90. The maximum absolute atomic E-state index is 12.9. The quantitative estimate of drug-likeness (QED) is 0.797. The second-order valence-corrected chi connectivity index (χ2v) is 6.06. The zero-order valence-electron chi connectivity index (χ0n) is 13.6. The molecule has 1 aliphatic heterocycles. The van der Waals surface area contributed by atoms with Crippen LogP contribution in [0.25, 0.3) is 5.57 Å². The average Bonchev–Trinajstić information content (AvgIpc) is 2.76. The number of rotatable bonds is 3. The van der Waals surface area contributed by atoms with Gasteiger partial charge < -0.3 is 4.74 Å². The number of hydrogen-bond donors (Lipinski definition) is 0. The van der Waals surface area contributed by atoms with Crippen molar-refractivity contribution >= 4 is 34.7 Å². The van der Waals surface area contributed by atoms with Gasteiger partial charge in [0.15, 0.2) is 0 Å². The van der Waals surface area contributed by atoms with E-state index < -0.39 is 11.8 Å². The summed E-state index contributed by atoms with van der Waals surface area (Å²) in [5, 5.41) is -0.0938. The predicted molar refractivity (Wildman–Crippen MR) is 94.2 cm³/mol. The summed E-state index contributed by atoms with van der Waals surface area (Å²) in [5.74, 6) is -0.471. The summed E-state index contributed by atoms with van der Waals surface area (Å²) in [5.41, 5.74) is 3.12. The molecule has 0 saturated carbocycles. The van der Waals surface area contributed by atoms with Gasteiger partial charge in [-0.15, -0.1) is 0 Å². The zero-order chi connectivity index (χ0) is 17.4. The minimum atomic E-state index is -0.521. The van der Waals surface area contributed by atoms with Gasteiger partial charge in [-0.05, 0) is 43.2 Å². The predicted octanol–water partition coefficient (Wildman–Crippen LogP) is 3.84. The highest BCUT2D eigenvalue weighted by Gasteiger charge is 2.40. The first-order chi connectivity index (χ1) is 11.4. The molecule has 0 saturated heterocycles. The van der Waals surface area contributed by atoms with Gasteiger partial charge in [0, 0.05) is 5.56 Å². The lowest BCUT2D eigenvalue weighted by Gasteiger charge is -2.16. The molecule has 0 atom stereocenters. The van der Waals surface area contributed by atoms with Crippen LogP contribution >= 0.6 is 11.6 Å². The Morgan fingerprint density at radius 1 is 0.958 bits per heavy atom. The monoisotopic (exact) mass is 341 g/mol. The minimum absolute atomic E-state index is 0.0938. The lowest BCUT2D eigenvalue weighted by Crippen LogP contribution is -2.31. The molecule has 2 amide bonds. The molecule has 4 nitrogen and oxygen atoms in total. The highest BCUT2D eigenvalue weighted by atomic mass is 35.5. The molecule has 3 rings (SSSR count). The van der Waals surface area contributed by atoms with E-state index in [0.29, 0.717) is 17.0 Å². The average molecular weight is 342 g/mol. The fraction of sp³-hybridized carbons (Fsp3) is 0.158. The molecule has 0 aromatic heterocycles. The topological polar surface area (TPSA) is 46.6 Å². The van der Waals surface area contributed by atoms with Crippen LogP contribution in [0.2, 0.25) is 0 Å². The van der Waals surface area contributed by atoms with E-state index in [1.54, 1.807) is 36.4 Å². The van der Waals surface area contributed by atoms with Gasteiger partial charge in [-0.2, -0.15) is 0 Å². The number of hydrogen-bond acceptors (Lipinski definition) is 3. The Labute approximate surface area is 145 Å². The number of anilines is 1. The summed E-state index contributed by atoms with van der Waals surface area (Å²) in [7, 11) is 1.51. The Balaban J connectivity index is 2.11. The van der Waals surface area contributed by atoms with Gasteiger partial charge in [-0.25, -0.2) is 4.90 Å². The van der Waals surface area contributed by atoms with Crippen molar-refractivity contribution in [2.24, 2.45) is 0 Å². The van der Waals surface area contributed by atoms with Crippen molar-refractivity contribution in [2.45, 2.75) is 13.8 Å². The van der Waals surface area contributed by atoms with Crippen LogP contribution in [0.4, 0.5) is 5.69 Å². The van der Waals surface area contributed by atoms with Crippen LogP contribution in [0.5, 0.6) is 5.75 Å². The number of amides is 2. The normalized spacial score (nSPS) is 14.6. The highest BCUT2D eigenvalue weighted by molar-refractivity contribution is 6.60. The summed E-state index contributed by atoms with van der Waals surface area (Å²) in [6.45, 7) is 3.83. The maximum atomic E-state index is 12.9. The Hall–Kier alpha value is -2.59. The van der Waals surface area contributed by atoms with Crippen LogP contribution in [0.3, 0.4) is 0 Å². The van der Waals surface area contributed by atoms with Crippen molar-refractivity contribution in [3.8, 4) is 5.75 Å². The van der Waals surface area contributed by atoms with Crippen molar-refractivity contribution in [1.82, 2.24) is 0 Å². The van der Waals surface area contributed by atoms with Crippen molar-refractivity contribution < 1.29 is 14.3 Å². The third-order valence-electron chi connectivity index (χ3n) is 3.87. The first-order valence-electron chi connectivity index (χ1n) is 7.44. The summed E-state index contributed by atoms with van der Waals surface area (Å²) in [6, 6.07) is 12.6. The van der Waals surface area contributed by atoms with Crippen LogP contribution in [0.1, 0.15) is 16.7 Å². The van der Waals surface area contributed by atoms with Crippen LogP contribution in [-0.4, -0.2) is 18.9 Å². The largest absolute Gasteiger partial charge is 0.496 e. The first-order valence-corrected chi connectivity index (χ1v) is 7.82. The molecule has 0 fully saturated rings. The van der Waals surface area contributed by atoms with E-state index in [1.165, 1.54) is 7.11 Å². The van der Waals surface area contributed by atoms with E-state index >= 15 is 0 Å². The summed E-state index contributed by atoms with van der Waals surface area (Å²) in [6.07, 6.45) is 0. The fourth-order valence-corrected chi connectivity index (χ4v) is 3.17. The van der Waals surface area contributed by atoms with E-state index in [1.807, 2.05) is 19.9 Å². The second-order valence-electron chi connectivity index (χ2n) is 5.68. The lowest BCUT2D eigenvalue weighted by molar-refractivity contribution is -0.119. The summed E-state index contributed by atoms with van der Waals surface area (Å²) in [4.78, 5) is 26.6. The molecule has 1 heterocycles. The van der Waals surface area contributed by atoms with Gasteiger partial charge in [0.2, 0.25) is 0 Å². The van der Waals surface area contributed by atoms with E-state index in [2.05, 4.69) is 0 Å². The number of carbonyl (C=O) groups excluding carboxylic acids is 2. The molecular weight excluding hydrogens is 326 g/mol. The number of nitrogens with zero attached hydrogens (tertiary/aromatic N) is 1. The van der Waals surface area contributed by atoms with Gasteiger partial charge in [0.1, 0.15) is 10.8 Å². The van der Waals surface area contributed by atoms with E-state index in [4.69, 9.17) is 16.3 Å². The summed E-state index contributed by atoms with van der Waals surface area (Å²) < 4.78 is 5.29. The first kappa shape index (κ1) is 16.3. The van der Waals surface area contributed by atoms with Crippen molar-refractivity contribution in [2.75, 3.05) is 12.0 Å². The molecular formula is C19H16ClNO3. The van der Waals surface area contributed by atoms with Crippen LogP contribution in [-0.2, 0) is 9.59 Å². The standard InChI is InChI=1S/C19H16ClNO3/c1-11-8-12(2)10-13(9-11)21-18(22)16(17(20)19(21)23)14-6-4-5-7-15(14)24-3/h4-10H,1-3H3. The highest BCUT2D eigenvalue weighted by Crippen LogP contribution is 2.38. The number of ether oxygens (including phenoxy) is 1. The third-order valence-corrected chi connectivity index (χ3v) is 4.22. The number of para-hydroxylation sites is 1. The molecule has 0 N–H and O–H groups in total. The van der Waals surface area contributed by atoms with Crippen molar-refractivity contribution in [3.63, 3.8) is 0 Å². The molecule has 0 aliphatic carbocycles. The number of imide groups is 1. The molecule has 0 spiro atoms. The van der Waals surface area contributed by atoms with E-state index in [-0.39, 0.29) is 10.6 Å². The molecule has 0 unspecified atom stereocenters.